The van der Waals surface area contributed by atoms with Crippen molar-refractivity contribution in [2.24, 2.45) is 0 Å². The van der Waals surface area contributed by atoms with Gasteiger partial charge >= 0.3 is 0 Å². The van der Waals surface area contributed by atoms with Crippen molar-refractivity contribution >= 4 is 33.6 Å². The quantitative estimate of drug-likeness (QED) is 0.496. The summed E-state index contributed by atoms with van der Waals surface area (Å²) in [6.45, 7) is 2.45. The van der Waals surface area contributed by atoms with E-state index in [-0.39, 0.29) is 5.91 Å². The molecule has 0 aliphatic carbocycles. The Balaban J connectivity index is 1.52. The molecular formula is C21H21BrN2O2S. The molecule has 6 heteroatoms. The molecule has 1 aromatic heterocycles. The molecule has 1 N–H and O–H groups in total. The summed E-state index contributed by atoms with van der Waals surface area (Å²) in [6, 6.07) is 16.1. The second-order valence-corrected chi connectivity index (χ2v) is 7.95. The van der Waals surface area contributed by atoms with Crippen LogP contribution in [-0.2, 0) is 17.8 Å². The minimum Gasteiger partial charge on any atom is -0.440 e. The van der Waals surface area contributed by atoms with Crippen molar-refractivity contribution in [2.45, 2.75) is 31.2 Å². The molecule has 140 valence electrons. The number of carbonyl (C=O) groups is 1. The Labute approximate surface area is 171 Å². The molecule has 1 heterocycles. The predicted octanol–water partition coefficient (Wildman–Crippen LogP) is 5.38. The zero-order valence-electron chi connectivity index (χ0n) is 15.3. The van der Waals surface area contributed by atoms with Crippen LogP contribution in [0.25, 0.3) is 11.3 Å². The van der Waals surface area contributed by atoms with Gasteiger partial charge < -0.3 is 9.73 Å². The van der Waals surface area contributed by atoms with Gasteiger partial charge in [-0.1, -0.05) is 40.2 Å². The molecule has 0 saturated heterocycles. The molecule has 3 rings (SSSR count). The number of halogens is 1. The first-order valence-electron chi connectivity index (χ1n) is 8.67. The molecule has 2 aromatic carbocycles. The summed E-state index contributed by atoms with van der Waals surface area (Å²) in [5, 5.41) is 2.95. The molecule has 0 atom stereocenters. The third kappa shape index (κ3) is 5.47. The Morgan fingerprint density at radius 3 is 2.52 bits per heavy atom. The zero-order chi connectivity index (χ0) is 19.2. The molecule has 27 heavy (non-hydrogen) atoms. The monoisotopic (exact) mass is 444 g/mol. The Morgan fingerprint density at radius 2 is 1.85 bits per heavy atom. The number of benzene rings is 2. The average molecular weight is 445 g/mol. The van der Waals surface area contributed by atoms with E-state index in [2.05, 4.69) is 38.4 Å². The summed E-state index contributed by atoms with van der Waals surface area (Å²) < 4.78 is 6.89. The van der Waals surface area contributed by atoms with Crippen LogP contribution in [0.15, 0.2) is 62.3 Å². The van der Waals surface area contributed by atoms with Gasteiger partial charge in [-0.15, -0.1) is 11.8 Å². The van der Waals surface area contributed by atoms with Crippen LogP contribution >= 0.6 is 27.7 Å². The largest absolute Gasteiger partial charge is 0.440 e. The van der Waals surface area contributed by atoms with E-state index < -0.39 is 0 Å². The minimum atomic E-state index is -0.00927. The number of nitrogens with zero attached hydrogens (tertiary/aromatic N) is 1. The Kier molecular flexibility index (Phi) is 6.74. The van der Waals surface area contributed by atoms with Gasteiger partial charge in [-0.2, -0.15) is 0 Å². The molecule has 0 bridgehead atoms. The van der Waals surface area contributed by atoms with Gasteiger partial charge in [-0.25, -0.2) is 4.98 Å². The first kappa shape index (κ1) is 19.7. The van der Waals surface area contributed by atoms with E-state index >= 15 is 0 Å². The molecule has 0 aliphatic rings. The lowest BCUT2D eigenvalue weighted by atomic mass is 10.1. The van der Waals surface area contributed by atoms with Gasteiger partial charge in [-0.3, -0.25) is 4.79 Å². The van der Waals surface area contributed by atoms with Gasteiger partial charge in [0.1, 0.15) is 0 Å². The number of hydrogen-bond acceptors (Lipinski definition) is 4. The maximum absolute atomic E-state index is 12.1. The molecular weight excluding hydrogens is 424 g/mol. The highest BCUT2D eigenvalue weighted by molar-refractivity contribution is 9.10. The number of rotatable bonds is 7. The van der Waals surface area contributed by atoms with Crippen LogP contribution < -0.4 is 5.32 Å². The van der Waals surface area contributed by atoms with Crippen molar-refractivity contribution < 1.29 is 9.21 Å². The lowest BCUT2D eigenvalue weighted by Crippen LogP contribution is -2.23. The summed E-state index contributed by atoms with van der Waals surface area (Å²) in [6.07, 6.45) is 2.88. The van der Waals surface area contributed by atoms with Gasteiger partial charge in [-0.05, 0) is 43.0 Å². The van der Waals surface area contributed by atoms with Crippen LogP contribution in [0.3, 0.4) is 0 Å². The maximum atomic E-state index is 12.1. The second-order valence-electron chi connectivity index (χ2n) is 6.15. The molecule has 0 unspecified atom stereocenters. The third-order valence-electron chi connectivity index (χ3n) is 4.16. The molecule has 0 radical (unpaired) electrons. The highest BCUT2D eigenvalue weighted by Crippen LogP contribution is 2.26. The lowest BCUT2D eigenvalue weighted by Gasteiger charge is -2.05. The maximum Gasteiger partial charge on any atom is 0.220 e. The van der Waals surface area contributed by atoms with Gasteiger partial charge in [0.05, 0.1) is 5.69 Å². The Hall–Kier alpha value is -2.05. The topological polar surface area (TPSA) is 55.1 Å². The van der Waals surface area contributed by atoms with Crippen molar-refractivity contribution in [3.63, 3.8) is 0 Å². The predicted molar refractivity (Wildman–Crippen MR) is 113 cm³/mol. The fraction of sp³-hybridized carbons (Fsp3) is 0.238. The number of aromatic nitrogens is 1. The molecule has 3 aromatic rings. The fourth-order valence-corrected chi connectivity index (χ4v) is 3.35. The van der Waals surface area contributed by atoms with Gasteiger partial charge in [0.15, 0.2) is 11.7 Å². The summed E-state index contributed by atoms with van der Waals surface area (Å²) >= 11 is 5.13. The van der Waals surface area contributed by atoms with Crippen LogP contribution in [0.5, 0.6) is 0 Å². The summed E-state index contributed by atoms with van der Waals surface area (Å²) in [4.78, 5) is 17.8. The first-order chi connectivity index (χ1) is 13.0. The van der Waals surface area contributed by atoms with E-state index in [0.717, 1.165) is 27.1 Å². The van der Waals surface area contributed by atoms with Gasteiger partial charge in [0.25, 0.3) is 0 Å². The van der Waals surface area contributed by atoms with Crippen LogP contribution in [0.1, 0.15) is 23.6 Å². The minimum absolute atomic E-state index is 0.00927. The lowest BCUT2D eigenvalue weighted by molar-refractivity contribution is -0.121. The SMILES string of the molecule is CSc1ccc(CNC(=O)CCc2nc(C)c(-c3ccc(Br)cc3)o2)cc1. The molecule has 0 saturated carbocycles. The molecule has 0 aliphatic heterocycles. The fourth-order valence-electron chi connectivity index (χ4n) is 2.68. The van der Waals surface area contributed by atoms with Crippen LogP contribution in [0.4, 0.5) is 0 Å². The van der Waals surface area contributed by atoms with Crippen LogP contribution in [0, 0.1) is 6.92 Å². The van der Waals surface area contributed by atoms with Crippen molar-refractivity contribution in [3.8, 4) is 11.3 Å². The Morgan fingerprint density at radius 1 is 1.15 bits per heavy atom. The van der Waals surface area contributed by atoms with E-state index in [4.69, 9.17) is 4.42 Å². The number of thioether (sulfide) groups is 1. The molecule has 1 amide bonds. The first-order valence-corrected chi connectivity index (χ1v) is 10.7. The highest BCUT2D eigenvalue weighted by Gasteiger charge is 2.13. The Bertz CT molecular complexity index is 905. The highest BCUT2D eigenvalue weighted by atomic mass is 79.9. The molecule has 0 fully saturated rings. The summed E-state index contributed by atoms with van der Waals surface area (Å²) in [5.41, 5.74) is 2.90. The van der Waals surface area contributed by atoms with Crippen LogP contribution in [-0.4, -0.2) is 17.1 Å². The molecule has 4 nitrogen and oxygen atoms in total. The van der Waals surface area contributed by atoms with Crippen LogP contribution in [0.2, 0.25) is 0 Å². The number of aryl methyl sites for hydroxylation is 2. The number of carbonyl (C=O) groups excluding carboxylic acids is 1. The summed E-state index contributed by atoms with van der Waals surface area (Å²) in [5.74, 6) is 1.33. The standard InChI is InChI=1S/C21H21BrN2O2S/c1-14-21(16-5-7-17(22)8-6-16)26-20(24-14)12-11-19(25)23-13-15-3-9-18(27-2)10-4-15/h3-10H,11-13H2,1-2H3,(H,23,25). The van der Waals surface area contributed by atoms with Crippen molar-refractivity contribution in [1.82, 2.24) is 10.3 Å². The van der Waals surface area contributed by atoms with Gasteiger partial charge in [0.2, 0.25) is 5.91 Å². The van der Waals surface area contributed by atoms with Crippen molar-refractivity contribution in [2.75, 3.05) is 6.26 Å². The number of nitrogens with one attached hydrogen (secondary N) is 1. The van der Waals surface area contributed by atoms with E-state index in [9.17, 15) is 4.79 Å². The van der Waals surface area contributed by atoms with Crippen molar-refractivity contribution in [3.05, 3.63) is 70.2 Å². The number of amides is 1. The third-order valence-corrected chi connectivity index (χ3v) is 5.43. The van der Waals surface area contributed by atoms with Gasteiger partial charge in [0, 0.05) is 34.3 Å². The van der Waals surface area contributed by atoms with E-state index in [1.807, 2.05) is 49.6 Å². The number of hydrogen-bond donors (Lipinski definition) is 1. The number of oxazole rings is 1. The molecule has 0 spiro atoms. The smallest absolute Gasteiger partial charge is 0.220 e. The van der Waals surface area contributed by atoms with E-state index in [1.165, 1.54) is 4.90 Å². The average Bonchev–Trinajstić information content (AvgIpc) is 3.06. The normalized spacial score (nSPS) is 10.8. The summed E-state index contributed by atoms with van der Waals surface area (Å²) in [7, 11) is 0. The van der Waals surface area contributed by atoms with E-state index in [1.54, 1.807) is 11.8 Å². The zero-order valence-corrected chi connectivity index (χ0v) is 17.7. The van der Waals surface area contributed by atoms with Crippen molar-refractivity contribution in [1.29, 1.82) is 0 Å². The second kappa shape index (κ2) is 9.24. The van der Waals surface area contributed by atoms with E-state index in [0.29, 0.717) is 25.3 Å².